The van der Waals surface area contributed by atoms with Crippen LogP contribution in [0.15, 0.2) is 18.2 Å². The molecule has 3 atom stereocenters. The van der Waals surface area contributed by atoms with Gasteiger partial charge in [0.1, 0.15) is 22.8 Å². The quantitative estimate of drug-likeness (QED) is 0.254. The van der Waals surface area contributed by atoms with Crippen LogP contribution in [-0.2, 0) is 6.42 Å². The average molecular weight is 551 g/mol. The van der Waals surface area contributed by atoms with Crippen molar-refractivity contribution in [3.05, 3.63) is 51.6 Å². The summed E-state index contributed by atoms with van der Waals surface area (Å²) in [4.78, 5) is 0. The predicted octanol–water partition coefficient (Wildman–Crippen LogP) is 10.7. The summed E-state index contributed by atoms with van der Waals surface area (Å²) in [5.74, 6) is 4.53. The van der Waals surface area contributed by atoms with Crippen molar-refractivity contribution in [2.45, 2.75) is 151 Å². The molecule has 2 aromatic carbocycles. The molecule has 224 valence electrons. The van der Waals surface area contributed by atoms with Gasteiger partial charge in [-0.25, -0.2) is 0 Å². The van der Waals surface area contributed by atoms with Crippen LogP contribution in [0.25, 0.3) is 0 Å². The molecule has 40 heavy (non-hydrogen) atoms. The van der Waals surface area contributed by atoms with Gasteiger partial charge in [0.15, 0.2) is 0 Å². The largest absolute Gasteiger partial charge is 0.487 e. The van der Waals surface area contributed by atoms with Crippen LogP contribution in [0.1, 0.15) is 132 Å². The van der Waals surface area contributed by atoms with E-state index in [-0.39, 0.29) is 5.60 Å². The highest BCUT2D eigenvalue weighted by Crippen LogP contribution is 2.46. The molecule has 0 spiro atoms. The Morgan fingerprint density at radius 1 is 0.850 bits per heavy atom. The van der Waals surface area contributed by atoms with Crippen LogP contribution in [0.5, 0.6) is 17.2 Å². The maximum absolute atomic E-state index is 9.92. The van der Waals surface area contributed by atoms with E-state index in [1.165, 1.54) is 71.9 Å². The molecule has 1 aliphatic rings. The maximum atomic E-state index is 9.92. The SMILES string of the molecule is Cc1cc(C)cc(Oc2c(C)c(C)c3c(c2C)CCC(C)(CCCC(C)CCCC(C)CCCC(C)(C)O)O3)c1. The van der Waals surface area contributed by atoms with E-state index >= 15 is 0 Å². The Morgan fingerprint density at radius 3 is 2.02 bits per heavy atom. The Bertz CT molecular complexity index is 1110. The van der Waals surface area contributed by atoms with E-state index in [4.69, 9.17) is 9.47 Å². The second-order valence-corrected chi connectivity index (χ2v) is 14.2. The van der Waals surface area contributed by atoms with Gasteiger partial charge in [-0.15, -0.1) is 0 Å². The van der Waals surface area contributed by atoms with Gasteiger partial charge < -0.3 is 14.6 Å². The minimum atomic E-state index is -0.524. The molecule has 0 aromatic heterocycles. The first kappa shape index (κ1) is 32.5. The van der Waals surface area contributed by atoms with Crippen LogP contribution in [0.2, 0.25) is 0 Å². The van der Waals surface area contributed by atoms with Gasteiger partial charge in [0.05, 0.1) is 5.60 Å². The highest BCUT2D eigenvalue weighted by atomic mass is 16.5. The molecule has 0 saturated heterocycles. The Hall–Kier alpha value is -2.00. The number of fused-ring (bicyclic) bond motifs is 1. The van der Waals surface area contributed by atoms with E-state index in [1.54, 1.807) is 0 Å². The van der Waals surface area contributed by atoms with E-state index in [2.05, 4.69) is 73.6 Å². The molecular formula is C37H58O3. The predicted molar refractivity (Wildman–Crippen MR) is 170 cm³/mol. The Kier molecular flexibility index (Phi) is 11.2. The lowest BCUT2D eigenvalue weighted by molar-refractivity contribution is 0.0512. The summed E-state index contributed by atoms with van der Waals surface area (Å²) in [5.41, 5.74) is 6.78. The van der Waals surface area contributed by atoms with Crippen molar-refractivity contribution < 1.29 is 14.6 Å². The van der Waals surface area contributed by atoms with Gasteiger partial charge in [-0.05, 0) is 139 Å². The molecule has 3 heteroatoms. The average Bonchev–Trinajstić information content (AvgIpc) is 2.84. The molecular weight excluding hydrogens is 492 g/mol. The smallest absolute Gasteiger partial charge is 0.134 e. The third-order valence-corrected chi connectivity index (χ3v) is 9.26. The van der Waals surface area contributed by atoms with E-state index in [1.807, 2.05) is 13.8 Å². The number of aliphatic hydroxyl groups is 1. The molecule has 0 bridgehead atoms. The standard InChI is InChI=1S/C37H58O3/c1-25(16-12-19-36(8,9)38)14-11-15-26(2)17-13-20-37(10)21-18-33-31(7)34(29(5)30(6)35(33)40-37)39-32-23-27(3)22-28(4)24-32/h22-26,38H,11-21H2,1-10H3. The number of rotatable bonds is 14. The fraction of sp³-hybridized carbons (Fsp3) is 0.676. The number of aryl methyl sites for hydroxylation is 2. The summed E-state index contributed by atoms with van der Waals surface area (Å²) in [6, 6.07) is 6.43. The lowest BCUT2D eigenvalue weighted by Crippen LogP contribution is -2.37. The van der Waals surface area contributed by atoms with Crippen LogP contribution in [-0.4, -0.2) is 16.3 Å². The van der Waals surface area contributed by atoms with Crippen LogP contribution < -0.4 is 9.47 Å². The molecule has 3 rings (SSSR count). The minimum Gasteiger partial charge on any atom is -0.487 e. The first-order chi connectivity index (χ1) is 18.7. The molecule has 1 N–H and O–H groups in total. The number of benzene rings is 2. The summed E-state index contributed by atoms with van der Waals surface area (Å²) in [7, 11) is 0. The summed E-state index contributed by atoms with van der Waals surface area (Å²) in [6.07, 6.45) is 12.9. The van der Waals surface area contributed by atoms with E-state index in [9.17, 15) is 5.11 Å². The van der Waals surface area contributed by atoms with Crippen molar-refractivity contribution in [1.29, 1.82) is 0 Å². The van der Waals surface area contributed by atoms with E-state index < -0.39 is 5.60 Å². The monoisotopic (exact) mass is 550 g/mol. The topological polar surface area (TPSA) is 38.7 Å². The van der Waals surface area contributed by atoms with Crippen molar-refractivity contribution in [3.8, 4) is 17.2 Å². The van der Waals surface area contributed by atoms with Crippen LogP contribution in [0, 0.1) is 46.5 Å². The van der Waals surface area contributed by atoms with Crippen LogP contribution >= 0.6 is 0 Å². The van der Waals surface area contributed by atoms with Gasteiger partial charge in [0.25, 0.3) is 0 Å². The molecule has 3 nitrogen and oxygen atoms in total. The van der Waals surface area contributed by atoms with E-state index in [0.29, 0.717) is 0 Å². The molecule has 0 fully saturated rings. The van der Waals surface area contributed by atoms with Gasteiger partial charge in [0.2, 0.25) is 0 Å². The zero-order valence-electron chi connectivity index (χ0n) is 27.4. The van der Waals surface area contributed by atoms with Crippen molar-refractivity contribution in [1.82, 2.24) is 0 Å². The van der Waals surface area contributed by atoms with Gasteiger partial charge in [-0.3, -0.25) is 0 Å². The Morgan fingerprint density at radius 2 is 1.43 bits per heavy atom. The first-order valence-electron chi connectivity index (χ1n) is 16.0. The summed E-state index contributed by atoms with van der Waals surface area (Å²) in [6.45, 7) is 21.8. The number of ether oxygens (including phenoxy) is 2. The van der Waals surface area contributed by atoms with Crippen molar-refractivity contribution in [2.75, 3.05) is 0 Å². The zero-order valence-corrected chi connectivity index (χ0v) is 27.4. The Labute approximate surface area is 246 Å². The fourth-order valence-electron chi connectivity index (χ4n) is 6.53. The third kappa shape index (κ3) is 9.26. The van der Waals surface area contributed by atoms with E-state index in [0.717, 1.165) is 61.2 Å². The second-order valence-electron chi connectivity index (χ2n) is 14.2. The highest BCUT2D eigenvalue weighted by molar-refractivity contribution is 5.60. The minimum absolute atomic E-state index is 0.0958. The summed E-state index contributed by atoms with van der Waals surface area (Å²) >= 11 is 0. The highest BCUT2D eigenvalue weighted by Gasteiger charge is 2.34. The molecule has 0 amide bonds. The lowest BCUT2D eigenvalue weighted by Gasteiger charge is -2.38. The van der Waals surface area contributed by atoms with Crippen molar-refractivity contribution in [2.24, 2.45) is 11.8 Å². The maximum Gasteiger partial charge on any atom is 0.134 e. The van der Waals surface area contributed by atoms with Gasteiger partial charge in [-0.1, -0.05) is 58.4 Å². The fourth-order valence-corrected chi connectivity index (χ4v) is 6.53. The van der Waals surface area contributed by atoms with Gasteiger partial charge in [-0.2, -0.15) is 0 Å². The normalized spacial score (nSPS) is 18.7. The third-order valence-electron chi connectivity index (χ3n) is 9.26. The molecule has 0 saturated carbocycles. The second kappa shape index (κ2) is 13.8. The molecule has 3 unspecified atom stereocenters. The molecule has 0 radical (unpaired) electrons. The molecule has 0 aliphatic carbocycles. The lowest BCUT2D eigenvalue weighted by atomic mass is 9.83. The van der Waals surface area contributed by atoms with Crippen molar-refractivity contribution in [3.63, 3.8) is 0 Å². The van der Waals surface area contributed by atoms with Crippen molar-refractivity contribution >= 4 is 0 Å². The summed E-state index contributed by atoms with van der Waals surface area (Å²) in [5, 5.41) is 9.92. The van der Waals surface area contributed by atoms with Crippen LogP contribution in [0.3, 0.4) is 0 Å². The molecule has 1 heterocycles. The van der Waals surface area contributed by atoms with Crippen LogP contribution in [0.4, 0.5) is 0 Å². The Balaban J connectivity index is 1.51. The van der Waals surface area contributed by atoms with Gasteiger partial charge >= 0.3 is 0 Å². The molecule has 2 aromatic rings. The zero-order chi connectivity index (χ0) is 29.7. The van der Waals surface area contributed by atoms with Gasteiger partial charge in [0, 0.05) is 5.56 Å². The summed E-state index contributed by atoms with van der Waals surface area (Å²) < 4.78 is 13.3. The number of hydrogen-bond acceptors (Lipinski definition) is 3. The first-order valence-corrected chi connectivity index (χ1v) is 16.0. The number of hydrogen-bond donors (Lipinski definition) is 1. The molecule has 1 aliphatic heterocycles.